The van der Waals surface area contributed by atoms with Gasteiger partial charge in [0.2, 0.25) is 0 Å². The number of ether oxygens (including phenoxy) is 1. The number of nitrogens with one attached hydrogen (secondary N) is 2. The van der Waals surface area contributed by atoms with E-state index in [4.69, 9.17) is 4.74 Å². The average Bonchev–Trinajstić information content (AvgIpc) is 2.26. The second kappa shape index (κ2) is 5.53. The van der Waals surface area contributed by atoms with Gasteiger partial charge in [0, 0.05) is 18.3 Å². The number of amides is 2. The van der Waals surface area contributed by atoms with E-state index in [-0.39, 0.29) is 5.91 Å². The summed E-state index contributed by atoms with van der Waals surface area (Å²) < 4.78 is 5.11. The first-order valence-corrected chi connectivity index (χ1v) is 5.64. The zero-order valence-corrected chi connectivity index (χ0v) is 11.0. The molecular weight excluding hydrogens is 232 g/mol. The average molecular weight is 250 g/mol. The Morgan fingerprint density at radius 3 is 2.11 bits per heavy atom. The molecule has 98 valence electrons. The highest BCUT2D eigenvalue weighted by atomic mass is 16.6. The Morgan fingerprint density at radius 2 is 1.67 bits per heavy atom. The lowest BCUT2D eigenvalue weighted by Crippen LogP contribution is -2.27. The minimum atomic E-state index is -0.536. The lowest BCUT2D eigenvalue weighted by Gasteiger charge is -2.19. The van der Waals surface area contributed by atoms with E-state index in [1.807, 2.05) is 0 Å². The number of benzene rings is 1. The monoisotopic (exact) mass is 250 g/mol. The topological polar surface area (TPSA) is 67.4 Å². The molecule has 0 spiro atoms. The predicted octanol–water partition coefficient (Wildman–Crippen LogP) is 2.39. The quantitative estimate of drug-likeness (QED) is 0.846. The molecule has 0 heterocycles. The minimum absolute atomic E-state index is 0.168. The molecule has 0 aliphatic heterocycles. The third-order valence-electron chi connectivity index (χ3n) is 2.02. The van der Waals surface area contributed by atoms with E-state index in [1.165, 1.54) is 0 Å². The lowest BCUT2D eigenvalue weighted by atomic mass is 10.2. The maximum Gasteiger partial charge on any atom is 0.412 e. The van der Waals surface area contributed by atoms with Gasteiger partial charge in [0.15, 0.2) is 0 Å². The number of anilines is 1. The molecule has 5 nitrogen and oxygen atoms in total. The SMILES string of the molecule is CNC(=O)c1ccc(NC(=O)OC(C)(C)C)cc1. The van der Waals surface area contributed by atoms with Gasteiger partial charge < -0.3 is 10.1 Å². The van der Waals surface area contributed by atoms with Gasteiger partial charge in [-0.15, -0.1) is 0 Å². The Bertz CT molecular complexity index is 433. The largest absolute Gasteiger partial charge is 0.444 e. The van der Waals surface area contributed by atoms with Gasteiger partial charge in [-0.2, -0.15) is 0 Å². The van der Waals surface area contributed by atoms with E-state index in [0.29, 0.717) is 11.3 Å². The van der Waals surface area contributed by atoms with E-state index < -0.39 is 11.7 Å². The van der Waals surface area contributed by atoms with Gasteiger partial charge in [-0.3, -0.25) is 10.1 Å². The number of rotatable bonds is 2. The highest BCUT2D eigenvalue weighted by Gasteiger charge is 2.16. The minimum Gasteiger partial charge on any atom is -0.444 e. The van der Waals surface area contributed by atoms with Crippen molar-refractivity contribution in [2.24, 2.45) is 0 Å². The Hall–Kier alpha value is -2.04. The fourth-order valence-electron chi connectivity index (χ4n) is 1.27. The molecule has 5 heteroatoms. The first kappa shape index (κ1) is 14.0. The van der Waals surface area contributed by atoms with Gasteiger partial charge in [-0.05, 0) is 45.0 Å². The van der Waals surface area contributed by atoms with Crippen LogP contribution in [0.4, 0.5) is 10.5 Å². The fraction of sp³-hybridized carbons (Fsp3) is 0.385. The third kappa shape index (κ3) is 4.45. The number of hydrogen-bond acceptors (Lipinski definition) is 3. The van der Waals surface area contributed by atoms with E-state index in [2.05, 4.69) is 10.6 Å². The molecule has 0 saturated heterocycles. The zero-order chi connectivity index (χ0) is 13.8. The van der Waals surface area contributed by atoms with E-state index in [1.54, 1.807) is 52.1 Å². The highest BCUT2D eigenvalue weighted by molar-refractivity contribution is 5.94. The van der Waals surface area contributed by atoms with Gasteiger partial charge in [-0.25, -0.2) is 4.79 Å². The summed E-state index contributed by atoms with van der Waals surface area (Å²) in [5.41, 5.74) is 0.579. The van der Waals surface area contributed by atoms with Crippen molar-refractivity contribution >= 4 is 17.7 Å². The summed E-state index contributed by atoms with van der Waals surface area (Å²) in [7, 11) is 1.56. The summed E-state index contributed by atoms with van der Waals surface area (Å²) in [5, 5.41) is 5.11. The Kier molecular flexibility index (Phi) is 4.31. The van der Waals surface area contributed by atoms with Crippen LogP contribution >= 0.6 is 0 Å². The van der Waals surface area contributed by atoms with Crippen molar-refractivity contribution in [2.45, 2.75) is 26.4 Å². The van der Waals surface area contributed by atoms with Crippen molar-refractivity contribution in [1.82, 2.24) is 5.32 Å². The van der Waals surface area contributed by atoms with Crippen LogP contribution in [-0.2, 0) is 4.74 Å². The first-order valence-electron chi connectivity index (χ1n) is 5.64. The molecule has 0 radical (unpaired) electrons. The second-order valence-electron chi connectivity index (χ2n) is 4.78. The van der Waals surface area contributed by atoms with E-state index in [0.717, 1.165) is 0 Å². The number of hydrogen-bond donors (Lipinski definition) is 2. The van der Waals surface area contributed by atoms with Gasteiger partial charge in [-0.1, -0.05) is 0 Å². The normalized spacial score (nSPS) is 10.7. The summed E-state index contributed by atoms with van der Waals surface area (Å²) in [6, 6.07) is 6.56. The van der Waals surface area contributed by atoms with Crippen LogP contribution in [0.3, 0.4) is 0 Å². The number of carbonyl (C=O) groups excluding carboxylic acids is 2. The molecule has 0 bridgehead atoms. The molecule has 0 aromatic heterocycles. The number of carbonyl (C=O) groups is 2. The fourth-order valence-corrected chi connectivity index (χ4v) is 1.27. The summed E-state index contributed by atoms with van der Waals surface area (Å²) in [5.74, 6) is -0.168. The highest BCUT2D eigenvalue weighted by Crippen LogP contribution is 2.12. The van der Waals surface area contributed by atoms with Crippen molar-refractivity contribution < 1.29 is 14.3 Å². The molecule has 1 rings (SSSR count). The van der Waals surface area contributed by atoms with Gasteiger partial charge >= 0.3 is 6.09 Å². The molecule has 2 amide bonds. The van der Waals surface area contributed by atoms with Crippen molar-refractivity contribution in [3.63, 3.8) is 0 Å². The standard InChI is InChI=1S/C13H18N2O3/c1-13(2,3)18-12(17)15-10-7-5-9(6-8-10)11(16)14-4/h5-8H,1-4H3,(H,14,16)(H,15,17). The van der Waals surface area contributed by atoms with E-state index in [9.17, 15) is 9.59 Å². The molecule has 18 heavy (non-hydrogen) atoms. The van der Waals surface area contributed by atoms with Gasteiger partial charge in [0.1, 0.15) is 5.60 Å². The zero-order valence-electron chi connectivity index (χ0n) is 11.0. The molecule has 0 unspecified atom stereocenters. The molecule has 0 fully saturated rings. The van der Waals surface area contributed by atoms with Crippen molar-refractivity contribution in [1.29, 1.82) is 0 Å². The van der Waals surface area contributed by atoms with Crippen LogP contribution in [0.1, 0.15) is 31.1 Å². The molecule has 0 saturated carbocycles. The van der Waals surface area contributed by atoms with Crippen molar-refractivity contribution in [2.75, 3.05) is 12.4 Å². The van der Waals surface area contributed by atoms with Crippen molar-refractivity contribution in [3.05, 3.63) is 29.8 Å². The van der Waals surface area contributed by atoms with Crippen LogP contribution < -0.4 is 10.6 Å². The molecule has 0 atom stereocenters. The lowest BCUT2D eigenvalue weighted by molar-refractivity contribution is 0.0636. The predicted molar refractivity (Wildman–Crippen MR) is 69.7 cm³/mol. The summed E-state index contributed by atoms with van der Waals surface area (Å²) in [6.45, 7) is 5.38. The maximum atomic E-state index is 11.5. The molecule has 2 N–H and O–H groups in total. The maximum absolute atomic E-state index is 11.5. The second-order valence-corrected chi connectivity index (χ2v) is 4.78. The first-order chi connectivity index (χ1) is 8.31. The summed E-state index contributed by atoms with van der Waals surface area (Å²) in [4.78, 5) is 22.8. The van der Waals surface area contributed by atoms with Crippen LogP contribution in [0.5, 0.6) is 0 Å². The molecule has 0 aliphatic carbocycles. The third-order valence-corrected chi connectivity index (χ3v) is 2.02. The smallest absolute Gasteiger partial charge is 0.412 e. The van der Waals surface area contributed by atoms with Gasteiger partial charge in [0.25, 0.3) is 5.91 Å². The Morgan fingerprint density at radius 1 is 1.11 bits per heavy atom. The van der Waals surface area contributed by atoms with Crippen molar-refractivity contribution in [3.8, 4) is 0 Å². The Balaban J connectivity index is 2.64. The Labute approximate surface area is 107 Å². The van der Waals surface area contributed by atoms with Crippen LogP contribution in [0, 0.1) is 0 Å². The molecule has 1 aromatic rings. The summed E-state index contributed by atoms with van der Waals surface area (Å²) >= 11 is 0. The van der Waals surface area contributed by atoms with Gasteiger partial charge in [0.05, 0.1) is 0 Å². The molecule has 1 aromatic carbocycles. The van der Waals surface area contributed by atoms with Crippen LogP contribution in [0.15, 0.2) is 24.3 Å². The van der Waals surface area contributed by atoms with E-state index >= 15 is 0 Å². The molecule has 0 aliphatic rings. The van der Waals surface area contributed by atoms with Crippen LogP contribution in [0.2, 0.25) is 0 Å². The summed E-state index contributed by atoms with van der Waals surface area (Å²) in [6.07, 6.45) is -0.518. The molecular formula is C13H18N2O3. The van der Waals surface area contributed by atoms with Crippen LogP contribution in [-0.4, -0.2) is 24.6 Å². The van der Waals surface area contributed by atoms with Crippen LogP contribution in [0.25, 0.3) is 0 Å².